The van der Waals surface area contributed by atoms with Crippen molar-refractivity contribution in [2.24, 2.45) is 10.9 Å². The number of hydrogen-bond donors (Lipinski definition) is 2. The fourth-order valence-electron chi connectivity index (χ4n) is 1.46. The molecule has 0 aliphatic carbocycles. The quantitative estimate of drug-likeness (QED) is 0.334. The molecule has 1 aromatic heterocycles. The standard InChI is InChI=1S/C13H25N5O.HI/c1-9(2)10(3)16-13(14-5)15-8-6-7-12-17-11(4)18-19-12;/h9-10H,6-8H2,1-5H3,(H2,14,15,16);1H. The SMILES string of the molecule is CN=C(NCCCc1nc(C)no1)NC(C)C(C)C.I. The minimum Gasteiger partial charge on any atom is -0.356 e. The van der Waals surface area contributed by atoms with Crippen LogP contribution in [-0.2, 0) is 6.42 Å². The Kier molecular flexibility index (Phi) is 9.52. The molecule has 0 aliphatic heterocycles. The van der Waals surface area contributed by atoms with Gasteiger partial charge in [0.15, 0.2) is 11.8 Å². The summed E-state index contributed by atoms with van der Waals surface area (Å²) in [5, 5.41) is 10.4. The van der Waals surface area contributed by atoms with E-state index in [-0.39, 0.29) is 24.0 Å². The number of nitrogens with one attached hydrogen (secondary N) is 2. The molecule has 0 saturated heterocycles. The van der Waals surface area contributed by atoms with Crippen LogP contribution < -0.4 is 10.6 Å². The maximum atomic E-state index is 5.06. The molecule has 0 spiro atoms. The summed E-state index contributed by atoms with van der Waals surface area (Å²) in [7, 11) is 1.78. The van der Waals surface area contributed by atoms with Gasteiger partial charge in [0, 0.05) is 26.1 Å². The van der Waals surface area contributed by atoms with Gasteiger partial charge in [-0.2, -0.15) is 4.98 Å². The lowest BCUT2D eigenvalue weighted by molar-refractivity contribution is 0.372. The van der Waals surface area contributed by atoms with Crippen molar-refractivity contribution in [2.75, 3.05) is 13.6 Å². The minimum absolute atomic E-state index is 0. The summed E-state index contributed by atoms with van der Waals surface area (Å²) in [4.78, 5) is 8.37. The lowest BCUT2D eigenvalue weighted by Crippen LogP contribution is -2.44. The first kappa shape index (κ1) is 19.1. The van der Waals surface area contributed by atoms with Crippen molar-refractivity contribution in [1.29, 1.82) is 0 Å². The summed E-state index contributed by atoms with van der Waals surface area (Å²) in [6, 6.07) is 0.393. The smallest absolute Gasteiger partial charge is 0.226 e. The molecule has 1 rings (SSSR count). The maximum Gasteiger partial charge on any atom is 0.226 e. The Bertz CT molecular complexity index is 405. The first-order valence-electron chi connectivity index (χ1n) is 6.79. The molecule has 0 amide bonds. The topological polar surface area (TPSA) is 75.3 Å². The molecule has 1 heterocycles. The van der Waals surface area contributed by atoms with Crippen LogP contribution in [0.15, 0.2) is 9.52 Å². The number of rotatable bonds is 6. The highest BCUT2D eigenvalue weighted by atomic mass is 127. The Balaban J connectivity index is 0.00000361. The molecule has 0 aromatic carbocycles. The predicted octanol–water partition coefficient (Wildman–Crippen LogP) is 2.14. The zero-order valence-electron chi connectivity index (χ0n) is 12.9. The van der Waals surface area contributed by atoms with E-state index in [1.807, 2.05) is 6.92 Å². The Morgan fingerprint density at radius 3 is 2.55 bits per heavy atom. The molecule has 0 aliphatic rings. The Morgan fingerprint density at radius 2 is 2.05 bits per heavy atom. The largest absolute Gasteiger partial charge is 0.356 e. The molecule has 0 bridgehead atoms. The van der Waals surface area contributed by atoms with Gasteiger partial charge in [-0.1, -0.05) is 19.0 Å². The highest BCUT2D eigenvalue weighted by molar-refractivity contribution is 14.0. The van der Waals surface area contributed by atoms with Crippen LogP contribution in [0.1, 0.15) is 38.9 Å². The van der Waals surface area contributed by atoms with Gasteiger partial charge in [0.05, 0.1) is 0 Å². The first-order chi connectivity index (χ1) is 9.02. The second-order valence-electron chi connectivity index (χ2n) is 5.01. The van der Waals surface area contributed by atoms with Gasteiger partial charge in [-0.15, -0.1) is 24.0 Å². The average molecular weight is 395 g/mol. The lowest BCUT2D eigenvalue weighted by atomic mass is 10.1. The number of aromatic nitrogens is 2. The van der Waals surface area contributed by atoms with E-state index in [0.717, 1.165) is 25.3 Å². The molecule has 7 heteroatoms. The lowest BCUT2D eigenvalue weighted by Gasteiger charge is -2.20. The van der Waals surface area contributed by atoms with Crippen LogP contribution in [-0.4, -0.2) is 35.7 Å². The van der Waals surface area contributed by atoms with E-state index in [1.165, 1.54) is 0 Å². The Labute approximate surface area is 138 Å². The number of halogens is 1. The van der Waals surface area contributed by atoms with Crippen LogP contribution in [0.5, 0.6) is 0 Å². The van der Waals surface area contributed by atoms with Gasteiger partial charge in [0.1, 0.15) is 0 Å². The van der Waals surface area contributed by atoms with E-state index < -0.39 is 0 Å². The molecule has 116 valence electrons. The molecule has 1 aromatic rings. The maximum absolute atomic E-state index is 5.06. The molecule has 0 fully saturated rings. The monoisotopic (exact) mass is 395 g/mol. The van der Waals surface area contributed by atoms with Crippen LogP contribution in [0.25, 0.3) is 0 Å². The van der Waals surface area contributed by atoms with Crippen LogP contribution >= 0.6 is 24.0 Å². The molecule has 0 saturated carbocycles. The number of guanidine groups is 1. The fraction of sp³-hybridized carbons (Fsp3) is 0.769. The van der Waals surface area contributed by atoms with Crippen LogP contribution in [0.4, 0.5) is 0 Å². The normalized spacial score (nSPS) is 13.0. The third-order valence-electron chi connectivity index (χ3n) is 3.02. The molecular weight excluding hydrogens is 369 g/mol. The zero-order chi connectivity index (χ0) is 14.3. The predicted molar refractivity (Wildman–Crippen MR) is 91.6 cm³/mol. The minimum atomic E-state index is 0. The Morgan fingerprint density at radius 1 is 1.35 bits per heavy atom. The summed E-state index contributed by atoms with van der Waals surface area (Å²) in [6.07, 6.45) is 1.71. The fourth-order valence-corrected chi connectivity index (χ4v) is 1.46. The van der Waals surface area contributed by atoms with Crippen molar-refractivity contribution in [3.8, 4) is 0 Å². The van der Waals surface area contributed by atoms with Crippen LogP contribution in [0, 0.1) is 12.8 Å². The number of hydrogen-bond acceptors (Lipinski definition) is 4. The third-order valence-corrected chi connectivity index (χ3v) is 3.02. The highest BCUT2D eigenvalue weighted by Gasteiger charge is 2.08. The third kappa shape index (κ3) is 7.06. The van der Waals surface area contributed by atoms with Gasteiger partial charge in [-0.3, -0.25) is 4.99 Å². The van der Waals surface area contributed by atoms with E-state index in [9.17, 15) is 0 Å². The van der Waals surface area contributed by atoms with Crippen molar-refractivity contribution >= 4 is 29.9 Å². The second-order valence-corrected chi connectivity index (χ2v) is 5.01. The van der Waals surface area contributed by atoms with Crippen molar-refractivity contribution < 1.29 is 4.52 Å². The number of aliphatic imine (C=N–C) groups is 1. The summed E-state index contributed by atoms with van der Waals surface area (Å²) in [6.45, 7) is 9.17. The van der Waals surface area contributed by atoms with Crippen LogP contribution in [0.2, 0.25) is 0 Å². The van der Waals surface area contributed by atoms with Gasteiger partial charge in [0.2, 0.25) is 5.89 Å². The first-order valence-corrected chi connectivity index (χ1v) is 6.79. The average Bonchev–Trinajstić information content (AvgIpc) is 2.78. The summed E-state index contributed by atoms with van der Waals surface area (Å²) < 4.78 is 5.06. The molecule has 20 heavy (non-hydrogen) atoms. The molecule has 2 N–H and O–H groups in total. The van der Waals surface area contributed by atoms with Crippen LogP contribution in [0.3, 0.4) is 0 Å². The molecule has 0 radical (unpaired) electrons. The molecule has 6 nitrogen and oxygen atoms in total. The van der Waals surface area contributed by atoms with E-state index >= 15 is 0 Å². The van der Waals surface area contributed by atoms with Gasteiger partial charge in [0.25, 0.3) is 0 Å². The zero-order valence-corrected chi connectivity index (χ0v) is 15.3. The summed E-state index contributed by atoms with van der Waals surface area (Å²) in [5.41, 5.74) is 0. The van der Waals surface area contributed by atoms with Crippen molar-refractivity contribution in [2.45, 2.75) is 46.6 Å². The van der Waals surface area contributed by atoms with E-state index in [4.69, 9.17) is 4.52 Å². The van der Waals surface area contributed by atoms with Gasteiger partial charge >= 0.3 is 0 Å². The van der Waals surface area contributed by atoms with Crippen molar-refractivity contribution in [3.63, 3.8) is 0 Å². The summed E-state index contributed by atoms with van der Waals surface area (Å²) >= 11 is 0. The van der Waals surface area contributed by atoms with Gasteiger partial charge in [-0.05, 0) is 26.2 Å². The highest BCUT2D eigenvalue weighted by Crippen LogP contribution is 2.00. The Hall–Kier alpha value is -0.860. The summed E-state index contributed by atoms with van der Waals surface area (Å²) in [5.74, 6) is 2.78. The van der Waals surface area contributed by atoms with Crippen molar-refractivity contribution in [1.82, 2.24) is 20.8 Å². The van der Waals surface area contributed by atoms with Gasteiger partial charge < -0.3 is 15.2 Å². The van der Waals surface area contributed by atoms with Gasteiger partial charge in [-0.25, -0.2) is 0 Å². The molecular formula is C13H26IN5O. The molecule has 1 atom stereocenters. The van der Waals surface area contributed by atoms with E-state index in [2.05, 4.69) is 46.5 Å². The van der Waals surface area contributed by atoms with Crippen molar-refractivity contribution in [3.05, 3.63) is 11.7 Å². The molecule has 1 unspecified atom stereocenters. The van der Waals surface area contributed by atoms with E-state index in [0.29, 0.717) is 23.7 Å². The number of aryl methyl sites for hydroxylation is 2. The second kappa shape index (κ2) is 9.95. The number of nitrogens with zero attached hydrogens (tertiary/aromatic N) is 3. The van der Waals surface area contributed by atoms with E-state index in [1.54, 1.807) is 7.05 Å².